The van der Waals surface area contributed by atoms with Crippen molar-refractivity contribution in [2.24, 2.45) is 0 Å². The third-order valence-corrected chi connectivity index (χ3v) is 3.08. The second-order valence-corrected chi connectivity index (χ2v) is 4.28. The van der Waals surface area contributed by atoms with Crippen LogP contribution in [0.4, 0.5) is 0 Å². The Labute approximate surface area is 101 Å². The van der Waals surface area contributed by atoms with Gasteiger partial charge in [-0.15, -0.1) is 0 Å². The van der Waals surface area contributed by atoms with Crippen LogP contribution in [0.1, 0.15) is 18.2 Å². The molecule has 0 spiro atoms. The fourth-order valence-corrected chi connectivity index (χ4v) is 1.68. The van der Waals surface area contributed by atoms with Crippen molar-refractivity contribution >= 4 is 5.91 Å². The number of hydrogen-bond acceptors (Lipinski definition) is 3. The molecule has 0 aliphatic carbocycles. The standard InChI is InChI=1S/C13H17N3O/c1-9-4-3-5-15-12(9)8-16-13(17)10(2)11-6-14-7-11/h3-5,14H,6-8H2,1-2H3,(H,16,17). The largest absolute Gasteiger partial charge is 0.347 e. The molecule has 2 N–H and O–H groups in total. The van der Waals surface area contributed by atoms with E-state index in [1.807, 2.05) is 26.0 Å². The topological polar surface area (TPSA) is 54.0 Å². The van der Waals surface area contributed by atoms with Gasteiger partial charge in [-0.25, -0.2) is 0 Å². The number of nitrogens with one attached hydrogen (secondary N) is 2. The minimum atomic E-state index is 0.00607. The van der Waals surface area contributed by atoms with Crippen molar-refractivity contribution in [1.82, 2.24) is 15.6 Å². The van der Waals surface area contributed by atoms with Crippen molar-refractivity contribution in [3.8, 4) is 0 Å². The van der Waals surface area contributed by atoms with E-state index in [1.54, 1.807) is 6.20 Å². The molecule has 1 saturated heterocycles. The van der Waals surface area contributed by atoms with Crippen LogP contribution < -0.4 is 10.6 Å². The molecule has 4 nitrogen and oxygen atoms in total. The van der Waals surface area contributed by atoms with Gasteiger partial charge in [0, 0.05) is 24.9 Å². The van der Waals surface area contributed by atoms with E-state index in [9.17, 15) is 4.79 Å². The van der Waals surface area contributed by atoms with E-state index in [0.717, 1.165) is 29.9 Å². The number of carbonyl (C=O) groups excluding carboxylic acids is 1. The van der Waals surface area contributed by atoms with Crippen LogP contribution in [0.15, 0.2) is 29.5 Å². The number of rotatable bonds is 3. The first kappa shape index (κ1) is 11.8. The predicted octanol–water partition coefficient (Wildman–Crippen LogP) is 0.926. The Morgan fingerprint density at radius 1 is 1.53 bits per heavy atom. The van der Waals surface area contributed by atoms with Crippen molar-refractivity contribution < 1.29 is 4.79 Å². The monoisotopic (exact) mass is 231 g/mol. The minimum absolute atomic E-state index is 0.00607. The lowest BCUT2D eigenvalue weighted by atomic mass is 10.0. The molecule has 0 atom stereocenters. The number of amides is 1. The molecule has 0 bridgehead atoms. The number of hydrogen-bond donors (Lipinski definition) is 2. The molecule has 0 aromatic carbocycles. The van der Waals surface area contributed by atoms with Crippen LogP contribution in [-0.2, 0) is 11.3 Å². The molecule has 90 valence electrons. The summed E-state index contributed by atoms with van der Waals surface area (Å²) < 4.78 is 0. The summed E-state index contributed by atoms with van der Waals surface area (Å²) in [7, 11) is 0. The molecule has 1 aromatic heterocycles. The zero-order valence-corrected chi connectivity index (χ0v) is 10.2. The Hall–Kier alpha value is -1.68. The average Bonchev–Trinajstić information content (AvgIpc) is 2.25. The molecular formula is C13H17N3O. The molecule has 1 aliphatic heterocycles. The molecule has 4 heteroatoms. The van der Waals surface area contributed by atoms with Crippen molar-refractivity contribution in [3.63, 3.8) is 0 Å². The Morgan fingerprint density at radius 3 is 2.88 bits per heavy atom. The maximum absolute atomic E-state index is 11.8. The summed E-state index contributed by atoms with van der Waals surface area (Å²) in [5.41, 5.74) is 4.05. The van der Waals surface area contributed by atoms with Gasteiger partial charge in [0.1, 0.15) is 0 Å². The molecule has 0 saturated carbocycles. The van der Waals surface area contributed by atoms with Crippen molar-refractivity contribution in [2.45, 2.75) is 20.4 Å². The van der Waals surface area contributed by atoms with Gasteiger partial charge in [-0.05, 0) is 31.1 Å². The fourth-order valence-electron chi connectivity index (χ4n) is 1.68. The van der Waals surface area contributed by atoms with Gasteiger partial charge in [0.05, 0.1) is 12.2 Å². The van der Waals surface area contributed by atoms with E-state index in [1.165, 1.54) is 5.57 Å². The van der Waals surface area contributed by atoms with Gasteiger partial charge in [0.15, 0.2) is 0 Å². The van der Waals surface area contributed by atoms with Crippen LogP contribution in [0.25, 0.3) is 0 Å². The second kappa shape index (κ2) is 5.10. The van der Waals surface area contributed by atoms with Crippen LogP contribution in [0.2, 0.25) is 0 Å². The van der Waals surface area contributed by atoms with E-state index in [-0.39, 0.29) is 5.91 Å². The first-order chi connectivity index (χ1) is 8.18. The first-order valence-corrected chi connectivity index (χ1v) is 5.76. The van der Waals surface area contributed by atoms with Crippen LogP contribution in [-0.4, -0.2) is 24.0 Å². The highest BCUT2D eigenvalue weighted by Crippen LogP contribution is 2.09. The van der Waals surface area contributed by atoms with Crippen molar-refractivity contribution in [3.05, 3.63) is 40.7 Å². The number of pyridine rings is 1. The van der Waals surface area contributed by atoms with Gasteiger partial charge in [-0.1, -0.05) is 6.07 Å². The lowest BCUT2D eigenvalue weighted by molar-refractivity contribution is -0.117. The highest BCUT2D eigenvalue weighted by atomic mass is 16.1. The van der Waals surface area contributed by atoms with Gasteiger partial charge < -0.3 is 10.6 Å². The Kier molecular flexibility index (Phi) is 3.54. The van der Waals surface area contributed by atoms with Gasteiger partial charge in [0.2, 0.25) is 5.91 Å². The second-order valence-electron chi connectivity index (χ2n) is 4.28. The molecule has 1 aromatic rings. The van der Waals surface area contributed by atoms with E-state index in [2.05, 4.69) is 15.6 Å². The van der Waals surface area contributed by atoms with E-state index < -0.39 is 0 Å². The quantitative estimate of drug-likeness (QED) is 0.761. The summed E-state index contributed by atoms with van der Waals surface area (Å²) >= 11 is 0. The van der Waals surface area contributed by atoms with Crippen LogP contribution in [0.3, 0.4) is 0 Å². The molecule has 0 unspecified atom stereocenters. The predicted molar refractivity (Wildman–Crippen MR) is 66.4 cm³/mol. The lowest BCUT2D eigenvalue weighted by Crippen LogP contribution is -2.37. The summed E-state index contributed by atoms with van der Waals surface area (Å²) in [6, 6.07) is 3.89. The van der Waals surface area contributed by atoms with Gasteiger partial charge in [0.25, 0.3) is 0 Å². The molecule has 2 rings (SSSR count). The highest BCUT2D eigenvalue weighted by Gasteiger charge is 2.15. The van der Waals surface area contributed by atoms with Crippen molar-refractivity contribution in [2.75, 3.05) is 13.1 Å². The average molecular weight is 231 g/mol. The third-order valence-electron chi connectivity index (χ3n) is 3.08. The third kappa shape index (κ3) is 2.71. The Bertz CT molecular complexity index is 459. The molecule has 17 heavy (non-hydrogen) atoms. The van der Waals surface area contributed by atoms with Crippen LogP contribution in [0.5, 0.6) is 0 Å². The molecule has 0 radical (unpaired) electrons. The molecular weight excluding hydrogens is 214 g/mol. The minimum Gasteiger partial charge on any atom is -0.347 e. The highest BCUT2D eigenvalue weighted by molar-refractivity contribution is 5.93. The number of aryl methyl sites for hydroxylation is 1. The van der Waals surface area contributed by atoms with E-state index >= 15 is 0 Å². The van der Waals surface area contributed by atoms with Crippen molar-refractivity contribution in [1.29, 1.82) is 0 Å². The summed E-state index contributed by atoms with van der Waals surface area (Å²) in [6.45, 7) is 6.03. The molecule has 1 aliphatic rings. The number of nitrogens with zero attached hydrogens (tertiary/aromatic N) is 1. The maximum atomic E-state index is 11.8. The zero-order chi connectivity index (χ0) is 12.3. The SMILES string of the molecule is CC(C(=O)NCc1ncccc1C)=C1CNC1. The first-order valence-electron chi connectivity index (χ1n) is 5.76. The number of carbonyl (C=O) groups is 1. The fraction of sp³-hybridized carbons (Fsp3) is 0.385. The number of aromatic nitrogens is 1. The maximum Gasteiger partial charge on any atom is 0.247 e. The summed E-state index contributed by atoms with van der Waals surface area (Å²) in [5.74, 6) is 0.00607. The summed E-state index contributed by atoms with van der Waals surface area (Å²) in [6.07, 6.45) is 1.75. The molecule has 1 fully saturated rings. The van der Waals surface area contributed by atoms with E-state index in [0.29, 0.717) is 6.54 Å². The smallest absolute Gasteiger partial charge is 0.247 e. The van der Waals surface area contributed by atoms with Crippen LogP contribution in [0, 0.1) is 6.92 Å². The Balaban J connectivity index is 1.95. The van der Waals surface area contributed by atoms with Crippen LogP contribution >= 0.6 is 0 Å². The van der Waals surface area contributed by atoms with Gasteiger partial charge in [-0.3, -0.25) is 9.78 Å². The summed E-state index contributed by atoms with van der Waals surface area (Å²) in [4.78, 5) is 16.1. The molecule has 1 amide bonds. The molecule has 2 heterocycles. The summed E-state index contributed by atoms with van der Waals surface area (Å²) in [5, 5.41) is 6.03. The lowest BCUT2D eigenvalue weighted by Gasteiger charge is -2.21. The van der Waals surface area contributed by atoms with E-state index in [4.69, 9.17) is 0 Å². The van der Waals surface area contributed by atoms with Gasteiger partial charge >= 0.3 is 0 Å². The Morgan fingerprint density at radius 2 is 2.29 bits per heavy atom. The normalized spacial score (nSPS) is 14.1. The van der Waals surface area contributed by atoms with Gasteiger partial charge in [-0.2, -0.15) is 0 Å². The zero-order valence-electron chi connectivity index (χ0n) is 10.2.